The fourth-order valence-corrected chi connectivity index (χ4v) is 3.73. The molecule has 1 aliphatic heterocycles. The predicted octanol–water partition coefficient (Wildman–Crippen LogP) is 3.06. The van der Waals surface area contributed by atoms with Crippen molar-refractivity contribution in [2.24, 2.45) is 0 Å². The largest absolute Gasteiger partial charge is 0.356 e. The van der Waals surface area contributed by atoms with Crippen molar-refractivity contribution in [3.63, 3.8) is 0 Å². The molecule has 0 atom stereocenters. The van der Waals surface area contributed by atoms with Crippen LogP contribution in [-0.2, 0) is 4.79 Å². The Kier molecular flexibility index (Phi) is 6.99. The molecule has 0 aromatic heterocycles. The molecule has 2 aromatic rings. The maximum Gasteiger partial charge on any atom is 0.261 e. The van der Waals surface area contributed by atoms with Gasteiger partial charge in [-0.3, -0.25) is 19.3 Å². The normalized spacial score (nSPS) is 13.4. The number of imide groups is 1. The summed E-state index contributed by atoms with van der Waals surface area (Å²) in [6, 6.07) is 11.1. The first-order chi connectivity index (χ1) is 14.0. The molecule has 0 aliphatic carbocycles. The molecule has 0 saturated carbocycles. The second kappa shape index (κ2) is 9.65. The number of rotatable bonds is 10. The lowest BCUT2D eigenvalue weighted by Gasteiger charge is -2.27. The van der Waals surface area contributed by atoms with Gasteiger partial charge >= 0.3 is 0 Å². The summed E-state index contributed by atoms with van der Waals surface area (Å²) in [6.07, 6.45) is 3.66. The lowest BCUT2D eigenvalue weighted by atomic mass is 9.94. The first-order valence-corrected chi connectivity index (χ1v) is 10.3. The second-order valence-corrected chi connectivity index (χ2v) is 7.79. The highest BCUT2D eigenvalue weighted by Crippen LogP contribution is 2.30. The number of hydrogen-bond donors (Lipinski definition) is 1. The van der Waals surface area contributed by atoms with Gasteiger partial charge in [0.25, 0.3) is 11.8 Å². The van der Waals surface area contributed by atoms with E-state index in [4.69, 9.17) is 0 Å². The Morgan fingerprint density at radius 2 is 1.59 bits per heavy atom. The minimum absolute atomic E-state index is 0.0643. The van der Waals surface area contributed by atoms with Gasteiger partial charge < -0.3 is 10.2 Å². The third kappa shape index (κ3) is 5.01. The number of benzene rings is 2. The van der Waals surface area contributed by atoms with Gasteiger partial charge in [0.2, 0.25) is 5.91 Å². The van der Waals surface area contributed by atoms with E-state index in [9.17, 15) is 14.4 Å². The quantitative estimate of drug-likeness (QED) is 0.496. The van der Waals surface area contributed by atoms with E-state index in [-0.39, 0.29) is 17.7 Å². The molecule has 3 amide bonds. The lowest BCUT2D eigenvalue weighted by Crippen LogP contribution is -2.40. The summed E-state index contributed by atoms with van der Waals surface area (Å²) in [5.74, 6) is -0.384. The predicted molar refractivity (Wildman–Crippen MR) is 114 cm³/mol. The van der Waals surface area contributed by atoms with Crippen LogP contribution in [0.25, 0.3) is 10.8 Å². The summed E-state index contributed by atoms with van der Waals surface area (Å²) in [4.78, 5) is 40.9. The summed E-state index contributed by atoms with van der Waals surface area (Å²) in [7, 11) is 4.03. The highest BCUT2D eigenvalue weighted by atomic mass is 16.2. The number of amides is 3. The van der Waals surface area contributed by atoms with Crippen LogP contribution in [-0.4, -0.2) is 61.3 Å². The summed E-state index contributed by atoms with van der Waals surface area (Å²) in [5.41, 5.74) is 1.18. The molecule has 0 bridgehead atoms. The van der Waals surface area contributed by atoms with Crippen LogP contribution in [0.5, 0.6) is 0 Å². The standard InChI is InChI=1S/C23H29N3O3/c1-25(2)15-8-14-24-20(27)13-4-3-5-16-26-22(28)18-11-6-9-17-10-7-12-19(21(17)18)23(26)29/h6-7,9-12H,3-5,8,13-16H2,1-2H3,(H,24,27). The zero-order valence-electron chi connectivity index (χ0n) is 17.2. The molecular formula is C23H29N3O3. The van der Waals surface area contributed by atoms with Gasteiger partial charge in [-0.1, -0.05) is 30.7 Å². The number of hydrogen-bond acceptors (Lipinski definition) is 4. The molecule has 6 heteroatoms. The Morgan fingerprint density at radius 3 is 2.21 bits per heavy atom. The van der Waals surface area contributed by atoms with Gasteiger partial charge in [-0.25, -0.2) is 0 Å². The minimum atomic E-state index is -0.224. The van der Waals surface area contributed by atoms with Crippen molar-refractivity contribution in [3.05, 3.63) is 47.5 Å². The minimum Gasteiger partial charge on any atom is -0.356 e. The van der Waals surface area contributed by atoms with Crippen LogP contribution in [0.4, 0.5) is 0 Å². The molecule has 6 nitrogen and oxygen atoms in total. The van der Waals surface area contributed by atoms with Gasteiger partial charge in [-0.2, -0.15) is 0 Å². The van der Waals surface area contributed by atoms with Crippen LogP contribution >= 0.6 is 0 Å². The molecule has 0 spiro atoms. The molecule has 1 N–H and O–H groups in total. The average Bonchev–Trinajstić information content (AvgIpc) is 2.71. The van der Waals surface area contributed by atoms with Crippen LogP contribution in [0.2, 0.25) is 0 Å². The van der Waals surface area contributed by atoms with Crippen molar-refractivity contribution in [1.82, 2.24) is 15.1 Å². The Morgan fingerprint density at radius 1 is 0.931 bits per heavy atom. The highest BCUT2D eigenvalue weighted by molar-refractivity contribution is 6.25. The lowest BCUT2D eigenvalue weighted by molar-refractivity contribution is -0.121. The zero-order valence-corrected chi connectivity index (χ0v) is 17.2. The molecular weight excluding hydrogens is 366 g/mol. The first kappa shape index (κ1) is 21.0. The van der Waals surface area contributed by atoms with Crippen LogP contribution in [0.1, 0.15) is 52.8 Å². The smallest absolute Gasteiger partial charge is 0.261 e. The highest BCUT2D eigenvalue weighted by Gasteiger charge is 2.31. The van der Waals surface area contributed by atoms with Gasteiger partial charge in [0, 0.05) is 36.0 Å². The summed E-state index contributed by atoms with van der Waals surface area (Å²) in [5, 5.41) is 4.60. The van der Waals surface area contributed by atoms with Crippen LogP contribution < -0.4 is 5.32 Å². The van der Waals surface area contributed by atoms with E-state index in [1.807, 2.05) is 38.4 Å². The molecule has 0 unspecified atom stereocenters. The average molecular weight is 396 g/mol. The third-order valence-corrected chi connectivity index (χ3v) is 5.25. The van der Waals surface area contributed by atoms with E-state index in [2.05, 4.69) is 10.2 Å². The third-order valence-electron chi connectivity index (χ3n) is 5.25. The second-order valence-electron chi connectivity index (χ2n) is 7.79. The van der Waals surface area contributed by atoms with Gasteiger partial charge in [-0.05, 0) is 57.4 Å². The Bertz CT molecular complexity index is 857. The monoisotopic (exact) mass is 395 g/mol. The topological polar surface area (TPSA) is 69.7 Å². The van der Waals surface area contributed by atoms with Gasteiger partial charge in [0.05, 0.1) is 0 Å². The number of unbranched alkanes of at least 4 members (excludes halogenated alkanes) is 2. The molecule has 1 aliphatic rings. The number of carbonyl (C=O) groups is 3. The molecule has 0 saturated heterocycles. The van der Waals surface area contributed by atoms with E-state index in [0.717, 1.165) is 36.6 Å². The van der Waals surface area contributed by atoms with E-state index >= 15 is 0 Å². The Balaban J connectivity index is 1.46. The maximum absolute atomic E-state index is 12.8. The van der Waals surface area contributed by atoms with Crippen molar-refractivity contribution < 1.29 is 14.4 Å². The van der Waals surface area contributed by atoms with E-state index < -0.39 is 0 Å². The Hall–Kier alpha value is -2.73. The van der Waals surface area contributed by atoms with E-state index in [0.29, 0.717) is 37.1 Å². The molecule has 0 fully saturated rings. The van der Waals surface area contributed by atoms with Gasteiger partial charge in [-0.15, -0.1) is 0 Å². The summed E-state index contributed by atoms with van der Waals surface area (Å²) < 4.78 is 0. The van der Waals surface area contributed by atoms with Crippen LogP contribution in [0, 0.1) is 0 Å². The van der Waals surface area contributed by atoms with Crippen molar-refractivity contribution in [2.75, 3.05) is 33.7 Å². The van der Waals surface area contributed by atoms with Gasteiger partial charge in [0.1, 0.15) is 0 Å². The molecule has 2 aromatic carbocycles. The summed E-state index contributed by atoms with van der Waals surface area (Å²) in [6.45, 7) is 2.03. The maximum atomic E-state index is 12.8. The molecule has 0 radical (unpaired) electrons. The number of nitrogens with zero attached hydrogens (tertiary/aromatic N) is 2. The van der Waals surface area contributed by atoms with E-state index in [1.54, 1.807) is 12.1 Å². The summed E-state index contributed by atoms with van der Waals surface area (Å²) >= 11 is 0. The number of carbonyl (C=O) groups excluding carboxylic acids is 3. The van der Waals surface area contributed by atoms with Crippen LogP contribution in [0.15, 0.2) is 36.4 Å². The van der Waals surface area contributed by atoms with Gasteiger partial charge in [0.15, 0.2) is 0 Å². The van der Waals surface area contributed by atoms with Crippen molar-refractivity contribution in [1.29, 1.82) is 0 Å². The first-order valence-electron chi connectivity index (χ1n) is 10.3. The van der Waals surface area contributed by atoms with Crippen molar-refractivity contribution in [2.45, 2.75) is 32.1 Å². The van der Waals surface area contributed by atoms with Crippen molar-refractivity contribution >= 4 is 28.5 Å². The fourth-order valence-electron chi connectivity index (χ4n) is 3.73. The van der Waals surface area contributed by atoms with E-state index in [1.165, 1.54) is 4.90 Å². The zero-order chi connectivity index (χ0) is 20.8. The number of nitrogens with one attached hydrogen (secondary N) is 1. The molecule has 154 valence electrons. The molecule has 3 rings (SSSR count). The SMILES string of the molecule is CN(C)CCCNC(=O)CCCCCN1C(=O)c2cccc3cccc(c23)C1=O. The fraction of sp³-hybridized carbons (Fsp3) is 0.435. The molecule has 29 heavy (non-hydrogen) atoms. The van der Waals surface area contributed by atoms with Crippen molar-refractivity contribution in [3.8, 4) is 0 Å². The van der Waals surface area contributed by atoms with Crippen LogP contribution in [0.3, 0.4) is 0 Å². The molecule has 1 heterocycles. The Labute approximate surface area is 171 Å².